The molecule has 0 heterocycles. The molecule has 0 unspecified atom stereocenters. The van der Waals surface area contributed by atoms with Gasteiger partial charge in [-0.05, 0) is 42.5 Å². The number of phenols is 1. The number of nitrogens with two attached hydrogens (primary N) is 1. The summed E-state index contributed by atoms with van der Waals surface area (Å²) in [7, 11) is 1.58. The van der Waals surface area contributed by atoms with Crippen LogP contribution >= 0.6 is 0 Å². The van der Waals surface area contributed by atoms with Gasteiger partial charge in [-0.1, -0.05) is 0 Å². The Morgan fingerprint density at radius 3 is 2.62 bits per heavy atom. The minimum absolute atomic E-state index is 0.0916. The summed E-state index contributed by atoms with van der Waals surface area (Å²) in [6.07, 6.45) is 0. The standard InChI is InChI=1S/C15H17N3O3/c1-21-13-5-3-12(4-6-13)18-15(20)17-9-10-8-11(16)2-7-14(10)19/h2-8,19H,9,16H2,1H3,(H2,17,18,20). The number of carbonyl (C=O) groups excluding carboxylic acids is 1. The van der Waals surface area contributed by atoms with Gasteiger partial charge in [0.25, 0.3) is 0 Å². The van der Waals surface area contributed by atoms with Crippen molar-refractivity contribution in [1.29, 1.82) is 0 Å². The van der Waals surface area contributed by atoms with E-state index in [1.807, 2.05) is 0 Å². The van der Waals surface area contributed by atoms with E-state index in [-0.39, 0.29) is 18.3 Å². The van der Waals surface area contributed by atoms with E-state index in [0.717, 1.165) is 0 Å². The highest BCUT2D eigenvalue weighted by molar-refractivity contribution is 5.89. The van der Waals surface area contributed by atoms with Crippen molar-refractivity contribution in [3.63, 3.8) is 0 Å². The van der Waals surface area contributed by atoms with Gasteiger partial charge in [-0.15, -0.1) is 0 Å². The molecule has 110 valence electrons. The maximum absolute atomic E-state index is 11.8. The van der Waals surface area contributed by atoms with Crippen molar-refractivity contribution in [2.45, 2.75) is 6.54 Å². The lowest BCUT2D eigenvalue weighted by molar-refractivity contribution is 0.251. The molecule has 2 aromatic carbocycles. The minimum Gasteiger partial charge on any atom is -0.508 e. The summed E-state index contributed by atoms with van der Waals surface area (Å²) in [6, 6.07) is 11.3. The summed E-state index contributed by atoms with van der Waals surface area (Å²) in [5, 5.41) is 15.0. The van der Waals surface area contributed by atoms with Gasteiger partial charge in [0.05, 0.1) is 7.11 Å². The van der Waals surface area contributed by atoms with Crippen LogP contribution < -0.4 is 21.1 Å². The summed E-state index contributed by atoms with van der Waals surface area (Å²) < 4.78 is 5.04. The Morgan fingerprint density at radius 2 is 1.95 bits per heavy atom. The van der Waals surface area contributed by atoms with Gasteiger partial charge < -0.3 is 26.2 Å². The van der Waals surface area contributed by atoms with E-state index in [2.05, 4.69) is 10.6 Å². The van der Waals surface area contributed by atoms with E-state index < -0.39 is 0 Å². The number of hydrogen-bond donors (Lipinski definition) is 4. The number of phenolic OH excluding ortho intramolecular Hbond substituents is 1. The zero-order chi connectivity index (χ0) is 15.2. The molecular weight excluding hydrogens is 270 g/mol. The molecule has 2 amide bonds. The first-order valence-corrected chi connectivity index (χ1v) is 6.35. The molecule has 6 heteroatoms. The lowest BCUT2D eigenvalue weighted by atomic mass is 10.2. The fraction of sp³-hybridized carbons (Fsp3) is 0.133. The van der Waals surface area contributed by atoms with E-state index in [9.17, 15) is 9.90 Å². The summed E-state index contributed by atoms with van der Waals surface area (Å²) in [4.78, 5) is 11.8. The van der Waals surface area contributed by atoms with Crippen molar-refractivity contribution < 1.29 is 14.6 Å². The molecule has 0 aliphatic carbocycles. The molecule has 0 bridgehead atoms. The number of anilines is 2. The number of rotatable bonds is 4. The van der Waals surface area contributed by atoms with E-state index in [4.69, 9.17) is 10.5 Å². The Bertz CT molecular complexity index is 627. The topological polar surface area (TPSA) is 96.6 Å². The Morgan fingerprint density at radius 1 is 1.24 bits per heavy atom. The van der Waals surface area contributed by atoms with Crippen LogP contribution in [-0.4, -0.2) is 18.2 Å². The molecule has 0 radical (unpaired) electrons. The number of nitrogens with one attached hydrogen (secondary N) is 2. The highest BCUT2D eigenvalue weighted by atomic mass is 16.5. The third-order valence-corrected chi connectivity index (χ3v) is 2.89. The first-order chi connectivity index (χ1) is 10.1. The van der Waals surface area contributed by atoms with Crippen LogP contribution in [0.3, 0.4) is 0 Å². The second-order valence-electron chi connectivity index (χ2n) is 4.42. The molecule has 6 nitrogen and oxygen atoms in total. The lowest BCUT2D eigenvalue weighted by Gasteiger charge is -2.10. The van der Waals surface area contributed by atoms with E-state index >= 15 is 0 Å². The molecule has 0 aromatic heterocycles. The molecule has 0 atom stereocenters. The van der Waals surface area contributed by atoms with Gasteiger partial charge in [-0.3, -0.25) is 0 Å². The monoisotopic (exact) mass is 287 g/mol. The average Bonchev–Trinajstić information content (AvgIpc) is 2.49. The first kappa shape index (κ1) is 14.5. The molecule has 0 saturated heterocycles. The number of aromatic hydroxyl groups is 1. The second-order valence-corrected chi connectivity index (χ2v) is 4.42. The zero-order valence-electron chi connectivity index (χ0n) is 11.6. The van der Waals surface area contributed by atoms with Gasteiger partial charge in [0.2, 0.25) is 0 Å². The second kappa shape index (κ2) is 6.51. The van der Waals surface area contributed by atoms with Crippen LogP contribution in [0.1, 0.15) is 5.56 Å². The summed E-state index contributed by atoms with van der Waals surface area (Å²) in [5.74, 6) is 0.805. The van der Waals surface area contributed by atoms with Crippen LogP contribution in [-0.2, 0) is 6.54 Å². The number of urea groups is 1. The minimum atomic E-state index is -0.373. The number of amides is 2. The maximum atomic E-state index is 11.8. The molecule has 2 rings (SSSR count). The molecule has 0 aliphatic heterocycles. The van der Waals surface area contributed by atoms with Crippen LogP contribution in [0.25, 0.3) is 0 Å². The van der Waals surface area contributed by atoms with Crippen molar-refractivity contribution in [3.05, 3.63) is 48.0 Å². The number of benzene rings is 2. The summed E-state index contributed by atoms with van der Waals surface area (Å²) in [5.41, 5.74) is 7.36. The number of carbonyl (C=O) groups is 1. The molecule has 0 fully saturated rings. The highest BCUT2D eigenvalue weighted by Gasteiger charge is 2.05. The Hall–Kier alpha value is -2.89. The van der Waals surface area contributed by atoms with E-state index in [1.165, 1.54) is 6.07 Å². The van der Waals surface area contributed by atoms with Crippen LogP contribution in [0.4, 0.5) is 16.2 Å². The van der Waals surface area contributed by atoms with Gasteiger partial charge in [0.1, 0.15) is 11.5 Å². The summed E-state index contributed by atoms with van der Waals surface area (Å²) >= 11 is 0. The largest absolute Gasteiger partial charge is 0.508 e. The van der Waals surface area contributed by atoms with Crippen molar-refractivity contribution in [2.75, 3.05) is 18.2 Å². The van der Waals surface area contributed by atoms with E-state index in [0.29, 0.717) is 22.7 Å². The van der Waals surface area contributed by atoms with Gasteiger partial charge in [0.15, 0.2) is 0 Å². The van der Waals surface area contributed by atoms with Crippen molar-refractivity contribution >= 4 is 17.4 Å². The fourth-order valence-corrected chi connectivity index (χ4v) is 1.77. The smallest absolute Gasteiger partial charge is 0.319 e. The highest BCUT2D eigenvalue weighted by Crippen LogP contribution is 2.19. The van der Waals surface area contributed by atoms with Crippen molar-refractivity contribution in [3.8, 4) is 11.5 Å². The zero-order valence-corrected chi connectivity index (χ0v) is 11.6. The number of ether oxygens (including phenoxy) is 1. The third-order valence-electron chi connectivity index (χ3n) is 2.89. The maximum Gasteiger partial charge on any atom is 0.319 e. The number of nitrogen functional groups attached to an aromatic ring is 1. The number of methoxy groups -OCH3 is 1. The third kappa shape index (κ3) is 4.04. The molecule has 0 spiro atoms. The van der Waals surface area contributed by atoms with Gasteiger partial charge in [0, 0.05) is 23.5 Å². The molecular formula is C15H17N3O3. The van der Waals surface area contributed by atoms with Crippen LogP contribution in [0.2, 0.25) is 0 Å². The number of hydrogen-bond acceptors (Lipinski definition) is 4. The van der Waals surface area contributed by atoms with Crippen molar-refractivity contribution in [2.24, 2.45) is 0 Å². The lowest BCUT2D eigenvalue weighted by Crippen LogP contribution is -2.28. The molecule has 2 aromatic rings. The normalized spacial score (nSPS) is 9.95. The molecule has 5 N–H and O–H groups in total. The Kier molecular flexibility index (Phi) is 4.50. The van der Waals surface area contributed by atoms with Crippen molar-refractivity contribution in [1.82, 2.24) is 5.32 Å². The Labute approximate surface area is 122 Å². The Balaban J connectivity index is 1.91. The fourth-order valence-electron chi connectivity index (χ4n) is 1.77. The van der Waals surface area contributed by atoms with Crippen LogP contribution in [0.15, 0.2) is 42.5 Å². The molecule has 21 heavy (non-hydrogen) atoms. The predicted molar refractivity (Wildman–Crippen MR) is 81.4 cm³/mol. The van der Waals surface area contributed by atoms with E-state index in [1.54, 1.807) is 43.5 Å². The quantitative estimate of drug-likeness (QED) is 0.512. The van der Waals surface area contributed by atoms with Crippen LogP contribution in [0, 0.1) is 0 Å². The SMILES string of the molecule is COc1ccc(NC(=O)NCc2cc(N)ccc2O)cc1. The average molecular weight is 287 g/mol. The summed E-state index contributed by atoms with van der Waals surface area (Å²) in [6.45, 7) is 0.179. The van der Waals surface area contributed by atoms with Gasteiger partial charge in [-0.25, -0.2) is 4.79 Å². The molecule has 0 saturated carbocycles. The van der Waals surface area contributed by atoms with Gasteiger partial charge >= 0.3 is 6.03 Å². The first-order valence-electron chi connectivity index (χ1n) is 6.35. The predicted octanol–water partition coefficient (Wildman–Crippen LogP) is 2.30. The van der Waals surface area contributed by atoms with Gasteiger partial charge in [-0.2, -0.15) is 0 Å². The van der Waals surface area contributed by atoms with Crippen LogP contribution in [0.5, 0.6) is 11.5 Å². The molecule has 0 aliphatic rings.